The molecule has 4 aromatic rings. The second-order valence-electron chi connectivity index (χ2n) is 12.5. The van der Waals surface area contributed by atoms with Gasteiger partial charge in [-0.15, -0.1) is 0 Å². The van der Waals surface area contributed by atoms with Crippen molar-refractivity contribution in [3.05, 3.63) is 132 Å². The predicted molar refractivity (Wildman–Crippen MR) is 194 cm³/mol. The average Bonchev–Trinajstić information content (AvgIpc) is 3.66. The molecule has 0 saturated carbocycles. The molecular formula is C42H40N2O6. The van der Waals surface area contributed by atoms with Crippen LogP contribution in [0.2, 0.25) is 0 Å². The molecule has 0 fully saturated rings. The number of amides is 4. The number of carbonyl (C=O) groups excluding carboxylic acids is 4. The monoisotopic (exact) mass is 668 g/mol. The van der Waals surface area contributed by atoms with Gasteiger partial charge < -0.3 is 9.47 Å². The molecule has 0 unspecified atom stereocenters. The number of anilines is 2. The van der Waals surface area contributed by atoms with Gasteiger partial charge in [-0.3, -0.25) is 19.2 Å². The summed E-state index contributed by atoms with van der Waals surface area (Å²) in [5.74, 6) is 1.37. The van der Waals surface area contributed by atoms with Crippen LogP contribution in [0, 0.1) is 0 Å². The fourth-order valence-electron chi connectivity index (χ4n) is 6.28. The Morgan fingerprint density at radius 3 is 1.12 bits per heavy atom. The van der Waals surface area contributed by atoms with Crippen molar-refractivity contribution >= 4 is 35.0 Å². The Kier molecular flexibility index (Phi) is 11.0. The Morgan fingerprint density at radius 2 is 0.760 bits per heavy atom. The highest BCUT2D eigenvalue weighted by atomic mass is 16.5. The van der Waals surface area contributed by atoms with Crippen LogP contribution >= 0.6 is 0 Å². The number of nitrogens with zero attached hydrogens (tertiary/aromatic N) is 2. The summed E-state index contributed by atoms with van der Waals surface area (Å²) in [5, 5.41) is 0. The molecular weight excluding hydrogens is 628 g/mol. The van der Waals surface area contributed by atoms with Gasteiger partial charge in [0.15, 0.2) is 0 Å². The van der Waals surface area contributed by atoms with Crippen LogP contribution < -0.4 is 19.3 Å². The van der Waals surface area contributed by atoms with E-state index in [4.69, 9.17) is 9.47 Å². The number of ether oxygens (including phenoxy) is 2. The Balaban J connectivity index is 1.11. The smallest absolute Gasteiger partial charge is 0.258 e. The Bertz CT molecular complexity index is 1710. The minimum atomic E-state index is -0.354. The number of hydrogen-bond acceptors (Lipinski definition) is 6. The summed E-state index contributed by atoms with van der Waals surface area (Å²) in [6, 6.07) is 30.1. The topological polar surface area (TPSA) is 93.2 Å². The van der Waals surface area contributed by atoms with E-state index in [9.17, 15) is 19.2 Å². The fourth-order valence-corrected chi connectivity index (χ4v) is 6.28. The van der Waals surface area contributed by atoms with Crippen LogP contribution in [0.25, 0.3) is 0 Å². The van der Waals surface area contributed by atoms with Crippen LogP contribution in [-0.2, 0) is 19.2 Å². The molecule has 2 aliphatic rings. The normalized spacial score (nSPS) is 14.0. The van der Waals surface area contributed by atoms with Crippen molar-refractivity contribution in [2.45, 2.75) is 64.2 Å². The Morgan fingerprint density at radius 1 is 0.440 bits per heavy atom. The van der Waals surface area contributed by atoms with Gasteiger partial charge in [-0.1, -0.05) is 76.1 Å². The van der Waals surface area contributed by atoms with E-state index < -0.39 is 0 Å². The highest BCUT2D eigenvalue weighted by Crippen LogP contribution is 2.35. The van der Waals surface area contributed by atoms with Gasteiger partial charge in [0.25, 0.3) is 23.6 Å². The summed E-state index contributed by atoms with van der Waals surface area (Å²) in [6.07, 6.45) is 14.8. The van der Waals surface area contributed by atoms with Crippen LogP contribution in [0.4, 0.5) is 11.4 Å². The minimum Gasteiger partial charge on any atom is -0.457 e. The van der Waals surface area contributed by atoms with Gasteiger partial charge >= 0.3 is 0 Å². The quantitative estimate of drug-likeness (QED) is 0.0873. The van der Waals surface area contributed by atoms with Crippen LogP contribution in [0.3, 0.4) is 0 Å². The fraction of sp³-hybridized carbons (Fsp3) is 0.238. The van der Waals surface area contributed by atoms with E-state index in [-0.39, 0.29) is 29.5 Å². The largest absolute Gasteiger partial charge is 0.457 e. The summed E-state index contributed by atoms with van der Waals surface area (Å²) in [5.41, 5.74) is 3.39. The van der Waals surface area contributed by atoms with Crippen molar-refractivity contribution in [2.24, 2.45) is 0 Å². The maximum absolute atomic E-state index is 12.0. The van der Waals surface area contributed by atoms with Crippen LogP contribution in [0.15, 0.2) is 121 Å². The predicted octanol–water partition coefficient (Wildman–Crippen LogP) is 9.40. The first-order valence-electron chi connectivity index (χ1n) is 17.3. The first-order chi connectivity index (χ1) is 24.4. The number of unbranched alkanes of at least 4 members (excludes halogenated alkanes) is 6. The number of hydrogen-bond donors (Lipinski definition) is 0. The van der Waals surface area contributed by atoms with Crippen molar-refractivity contribution in [1.29, 1.82) is 0 Å². The molecule has 50 heavy (non-hydrogen) atoms. The summed E-state index contributed by atoms with van der Waals surface area (Å²) in [7, 11) is 0. The van der Waals surface area contributed by atoms with Gasteiger partial charge in [-0.25, -0.2) is 9.80 Å². The van der Waals surface area contributed by atoms with Gasteiger partial charge in [0.2, 0.25) is 0 Å². The second kappa shape index (κ2) is 16.1. The number of benzene rings is 4. The van der Waals surface area contributed by atoms with E-state index in [1.165, 1.54) is 74.0 Å². The second-order valence-corrected chi connectivity index (χ2v) is 12.5. The molecule has 0 atom stereocenters. The van der Waals surface area contributed by atoms with E-state index >= 15 is 0 Å². The molecule has 0 aliphatic carbocycles. The van der Waals surface area contributed by atoms with Gasteiger partial charge in [-0.05, 0) is 90.3 Å². The van der Waals surface area contributed by atoms with Crippen molar-refractivity contribution < 1.29 is 28.7 Å². The summed E-state index contributed by atoms with van der Waals surface area (Å²) < 4.78 is 12.2. The van der Waals surface area contributed by atoms with Gasteiger partial charge in [0, 0.05) is 30.2 Å². The lowest BCUT2D eigenvalue weighted by Crippen LogP contribution is -2.29. The van der Waals surface area contributed by atoms with Crippen molar-refractivity contribution in [2.75, 3.05) is 9.80 Å². The van der Waals surface area contributed by atoms with Crippen LogP contribution in [0.5, 0.6) is 23.0 Å². The Labute approximate surface area is 292 Å². The lowest BCUT2D eigenvalue weighted by Gasteiger charge is -2.19. The van der Waals surface area contributed by atoms with Crippen molar-refractivity contribution in [3.63, 3.8) is 0 Å². The van der Waals surface area contributed by atoms with E-state index in [0.717, 1.165) is 22.6 Å². The highest BCUT2D eigenvalue weighted by molar-refractivity contribution is 6.28. The Hall–Kier alpha value is -5.76. The third-order valence-corrected chi connectivity index (χ3v) is 8.94. The zero-order chi connectivity index (χ0) is 34.9. The number of rotatable bonds is 16. The summed E-state index contributed by atoms with van der Waals surface area (Å²) in [4.78, 5) is 50.3. The van der Waals surface area contributed by atoms with E-state index in [0.29, 0.717) is 34.4 Å². The molecule has 0 N–H and O–H groups in total. The standard InChI is InChI=1S/C42H40N2O6/c1-2-3-4-5-6-7-8-9-38(30-10-18-34(19-11-30)49-36-22-14-32(15-23-36)43-39(45)26-27-40(43)46)31-12-20-35(21-13-31)50-37-24-16-33(17-25-37)44-41(47)28-29-42(44)48/h10-29,38H,2-9H2,1H3. The maximum atomic E-state index is 12.0. The van der Waals surface area contributed by atoms with Crippen LogP contribution in [-0.4, -0.2) is 23.6 Å². The molecule has 0 radical (unpaired) electrons. The molecule has 0 aromatic heterocycles. The summed E-state index contributed by atoms with van der Waals surface area (Å²) in [6.45, 7) is 2.24. The lowest BCUT2D eigenvalue weighted by atomic mass is 9.86. The third-order valence-electron chi connectivity index (χ3n) is 8.94. The zero-order valence-corrected chi connectivity index (χ0v) is 28.1. The third kappa shape index (κ3) is 8.26. The molecule has 0 saturated heterocycles. The SMILES string of the molecule is CCCCCCCCCC(c1ccc(Oc2ccc(N3C(=O)C=CC3=O)cc2)cc1)c1ccc(Oc2ccc(N3C(=O)C=CC3=O)cc2)cc1. The molecule has 4 amide bonds. The molecule has 4 aromatic carbocycles. The first kappa shape index (κ1) is 34.1. The van der Waals surface area contributed by atoms with Crippen molar-refractivity contribution in [1.82, 2.24) is 0 Å². The van der Waals surface area contributed by atoms with Gasteiger partial charge in [-0.2, -0.15) is 0 Å². The molecule has 8 heteroatoms. The van der Waals surface area contributed by atoms with E-state index in [2.05, 4.69) is 31.2 Å². The molecule has 254 valence electrons. The van der Waals surface area contributed by atoms with Gasteiger partial charge in [0.1, 0.15) is 23.0 Å². The summed E-state index contributed by atoms with van der Waals surface area (Å²) >= 11 is 0. The molecule has 2 heterocycles. The minimum absolute atomic E-state index is 0.195. The molecule has 0 bridgehead atoms. The average molecular weight is 669 g/mol. The van der Waals surface area contributed by atoms with Crippen LogP contribution in [0.1, 0.15) is 75.3 Å². The molecule has 6 rings (SSSR count). The zero-order valence-electron chi connectivity index (χ0n) is 28.1. The van der Waals surface area contributed by atoms with E-state index in [1.807, 2.05) is 24.3 Å². The first-order valence-corrected chi connectivity index (χ1v) is 17.3. The van der Waals surface area contributed by atoms with E-state index in [1.54, 1.807) is 48.5 Å². The molecule has 2 aliphatic heterocycles. The van der Waals surface area contributed by atoms with Gasteiger partial charge in [0.05, 0.1) is 11.4 Å². The lowest BCUT2D eigenvalue weighted by molar-refractivity contribution is -0.121. The van der Waals surface area contributed by atoms with Crippen molar-refractivity contribution in [3.8, 4) is 23.0 Å². The molecule has 8 nitrogen and oxygen atoms in total. The number of carbonyl (C=O) groups is 4. The maximum Gasteiger partial charge on any atom is 0.258 e. The molecule has 0 spiro atoms. The number of imide groups is 2. The highest BCUT2D eigenvalue weighted by Gasteiger charge is 2.26.